The summed E-state index contributed by atoms with van der Waals surface area (Å²) in [5.41, 5.74) is 0.617. The maximum atomic E-state index is 11.7. The molecule has 1 aromatic carbocycles. The van der Waals surface area contributed by atoms with Gasteiger partial charge in [0.05, 0.1) is 4.90 Å². The highest BCUT2D eigenvalue weighted by Crippen LogP contribution is 2.17. The van der Waals surface area contributed by atoms with Crippen LogP contribution in [0, 0.1) is 5.41 Å². The first-order chi connectivity index (χ1) is 8.80. The van der Waals surface area contributed by atoms with Crippen LogP contribution < -0.4 is 10.0 Å². The van der Waals surface area contributed by atoms with Crippen molar-refractivity contribution in [3.63, 3.8) is 0 Å². The molecule has 6 heteroatoms. The van der Waals surface area contributed by atoms with Crippen molar-refractivity contribution in [1.82, 2.24) is 4.72 Å². The molecule has 3 N–H and O–H groups in total. The minimum absolute atomic E-state index is 0.0902. The van der Waals surface area contributed by atoms with Crippen LogP contribution >= 0.6 is 0 Å². The molecule has 0 aromatic heterocycles. The smallest absolute Gasteiger partial charge is 0.240 e. The summed E-state index contributed by atoms with van der Waals surface area (Å²) in [6.07, 6.45) is 0. The number of aliphatic hydroxyl groups is 1. The maximum absolute atomic E-state index is 11.7. The molecule has 1 rings (SSSR count). The van der Waals surface area contributed by atoms with Gasteiger partial charge < -0.3 is 10.4 Å². The topological polar surface area (TPSA) is 78.4 Å². The fourth-order valence-corrected chi connectivity index (χ4v) is 2.46. The van der Waals surface area contributed by atoms with Crippen LogP contribution in [0.15, 0.2) is 29.2 Å². The van der Waals surface area contributed by atoms with Crippen LogP contribution in [-0.2, 0) is 10.0 Å². The third-order valence-corrected chi connectivity index (χ3v) is 4.26. The van der Waals surface area contributed by atoms with Crippen molar-refractivity contribution in [2.24, 2.45) is 5.41 Å². The Bertz CT molecular complexity index is 495. The Morgan fingerprint density at radius 1 is 1.21 bits per heavy atom. The highest BCUT2D eigenvalue weighted by atomic mass is 32.2. The lowest BCUT2D eigenvalue weighted by Crippen LogP contribution is -2.26. The Morgan fingerprint density at radius 2 is 1.79 bits per heavy atom. The summed E-state index contributed by atoms with van der Waals surface area (Å²) in [5.74, 6) is 0. The average Bonchev–Trinajstić information content (AvgIpc) is 2.37. The monoisotopic (exact) mass is 286 g/mol. The highest BCUT2D eigenvalue weighted by molar-refractivity contribution is 7.89. The molecule has 0 aliphatic rings. The van der Waals surface area contributed by atoms with E-state index in [0.717, 1.165) is 5.69 Å². The van der Waals surface area contributed by atoms with E-state index in [0.29, 0.717) is 13.1 Å². The van der Waals surface area contributed by atoms with Crippen molar-refractivity contribution in [2.45, 2.75) is 25.7 Å². The molecule has 0 aliphatic carbocycles. The zero-order valence-electron chi connectivity index (χ0n) is 11.6. The fraction of sp³-hybridized carbons (Fsp3) is 0.538. The molecular weight excluding hydrogens is 264 g/mol. The number of hydrogen-bond acceptors (Lipinski definition) is 4. The van der Waals surface area contributed by atoms with Crippen molar-refractivity contribution < 1.29 is 13.5 Å². The fourth-order valence-electron chi connectivity index (χ4n) is 1.42. The van der Waals surface area contributed by atoms with Crippen molar-refractivity contribution in [3.8, 4) is 0 Å². The number of benzene rings is 1. The van der Waals surface area contributed by atoms with Gasteiger partial charge in [0.1, 0.15) is 0 Å². The molecule has 0 unspecified atom stereocenters. The Balaban J connectivity index is 2.72. The van der Waals surface area contributed by atoms with Crippen LogP contribution in [0.3, 0.4) is 0 Å². The van der Waals surface area contributed by atoms with E-state index >= 15 is 0 Å². The number of nitrogens with one attached hydrogen (secondary N) is 2. The summed E-state index contributed by atoms with van der Waals surface area (Å²) in [4.78, 5) is 0.251. The van der Waals surface area contributed by atoms with Gasteiger partial charge in [-0.3, -0.25) is 0 Å². The third kappa shape index (κ3) is 4.81. The molecule has 0 fully saturated rings. The Kier molecular flexibility index (Phi) is 5.34. The Labute approximate surface area is 115 Å². The largest absolute Gasteiger partial charge is 0.396 e. The van der Waals surface area contributed by atoms with Crippen LogP contribution in [0.2, 0.25) is 0 Å². The lowest BCUT2D eigenvalue weighted by atomic mass is 9.95. The molecule has 108 valence electrons. The van der Waals surface area contributed by atoms with E-state index < -0.39 is 10.0 Å². The highest BCUT2D eigenvalue weighted by Gasteiger charge is 2.16. The van der Waals surface area contributed by atoms with Gasteiger partial charge in [0.2, 0.25) is 10.0 Å². The Hall–Kier alpha value is -1.11. The first-order valence-electron chi connectivity index (χ1n) is 6.25. The molecule has 0 saturated heterocycles. The average molecular weight is 286 g/mol. The van der Waals surface area contributed by atoms with Gasteiger partial charge in [-0.2, -0.15) is 0 Å². The molecule has 0 aliphatic heterocycles. The van der Waals surface area contributed by atoms with E-state index in [4.69, 9.17) is 5.11 Å². The summed E-state index contributed by atoms with van der Waals surface area (Å²) in [6.45, 7) is 6.71. The molecule has 0 amide bonds. The first kappa shape index (κ1) is 15.9. The zero-order chi connectivity index (χ0) is 14.5. The maximum Gasteiger partial charge on any atom is 0.240 e. The first-order valence-corrected chi connectivity index (χ1v) is 7.73. The second-order valence-electron chi connectivity index (χ2n) is 5.20. The molecule has 0 spiro atoms. The number of rotatable bonds is 7. The van der Waals surface area contributed by atoms with E-state index in [1.54, 1.807) is 31.2 Å². The Morgan fingerprint density at radius 3 is 2.26 bits per heavy atom. The quantitative estimate of drug-likeness (QED) is 0.708. The number of sulfonamides is 1. The van der Waals surface area contributed by atoms with Crippen molar-refractivity contribution in [2.75, 3.05) is 25.0 Å². The number of aliphatic hydroxyl groups excluding tert-OH is 1. The van der Waals surface area contributed by atoms with Gasteiger partial charge in [-0.25, -0.2) is 13.1 Å². The third-order valence-electron chi connectivity index (χ3n) is 2.70. The van der Waals surface area contributed by atoms with E-state index in [1.165, 1.54) is 0 Å². The van der Waals surface area contributed by atoms with Gasteiger partial charge in [0.25, 0.3) is 0 Å². The van der Waals surface area contributed by atoms with Crippen molar-refractivity contribution in [1.29, 1.82) is 0 Å². The second kappa shape index (κ2) is 6.36. The normalized spacial score (nSPS) is 12.4. The summed E-state index contributed by atoms with van der Waals surface area (Å²) in [6, 6.07) is 6.56. The van der Waals surface area contributed by atoms with E-state index in [1.807, 2.05) is 13.8 Å². The summed E-state index contributed by atoms with van der Waals surface area (Å²) >= 11 is 0. The lowest BCUT2D eigenvalue weighted by molar-refractivity contribution is 0.171. The van der Waals surface area contributed by atoms with Crippen LogP contribution in [0.25, 0.3) is 0 Å². The molecule has 5 nitrogen and oxygen atoms in total. The molecule has 0 saturated carbocycles. The summed E-state index contributed by atoms with van der Waals surface area (Å²) in [7, 11) is -3.39. The van der Waals surface area contributed by atoms with Gasteiger partial charge in [-0.1, -0.05) is 20.8 Å². The molecule has 19 heavy (non-hydrogen) atoms. The van der Waals surface area contributed by atoms with Crippen molar-refractivity contribution in [3.05, 3.63) is 24.3 Å². The van der Waals surface area contributed by atoms with E-state index in [2.05, 4.69) is 10.0 Å². The van der Waals surface area contributed by atoms with Crippen LogP contribution in [0.4, 0.5) is 5.69 Å². The molecule has 0 bridgehead atoms. The number of anilines is 1. The zero-order valence-corrected chi connectivity index (χ0v) is 12.4. The SMILES string of the molecule is CCNS(=O)(=O)c1ccc(NCC(C)(C)CO)cc1. The standard InChI is InChI=1S/C13H22N2O3S/c1-4-15-19(17,18)12-7-5-11(6-8-12)14-9-13(2,3)10-16/h5-8,14-16H,4,9-10H2,1-3H3. The van der Waals surface area contributed by atoms with Crippen LogP contribution in [0.5, 0.6) is 0 Å². The van der Waals surface area contributed by atoms with Gasteiger partial charge in [-0.15, -0.1) is 0 Å². The van der Waals surface area contributed by atoms with Gasteiger partial charge in [0.15, 0.2) is 0 Å². The van der Waals surface area contributed by atoms with Gasteiger partial charge >= 0.3 is 0 Å². The second-order valence-corrected chi connectivity index (χ2v) is 6.97. The number of hydrogen-bond donors (Lipinski definition) is 3. The van der Waals surface area contributed by atoms with Gasteiger partial charge in [0, 0.05) is 30.8 Å². The molecule has 0 atom stereocenters. The summed E-state index contributed by atoms with van der Waals surface area (Å²) < 4.78 is 25.9. The van der Waals surface area contributed by atoms with Gasteiger partial charge in [-0.05, 0) is 24.3 Å². The van der Waals surface area contributed by atoms with Crippen molar-refractivity contribution >= 4 is 15.7 Å². The predicted molar refractivity (Wildman–Crippen MR) is 76.7 cm³/mol. The minimum Gasteiger partial charge on any atom is -0.396 e. The predicted octanol–water partition coefficient (Wildman–Crippen LogP) is 1.42. The molecule has 0 heterocycles. The molecular formula is C13H22N2O3S. The molecule has 1 aromatic rings. The van der Waals surface area contributed by atoms with Crippen LogP contribution in [-0.4, -0.2) is 33.2 Å². The summed E-state index contributed by atoms with van der Waals surface area (Å²) in [5, 5.41) is 12.3. The van der Waals surface area contributed by atoms with Crippen LogP contribution in [0.1, 0.15) is 20.8 Å². The minimum atomic E-state index is -3.39. The lowest BCUT2D eigenvalue weighted by Gasteiger charge is -2.22. The molecule has 0 radical (unpaired) electrons. The van der Waals surface area contributed by atoms with E-state index in [-0.39, 0.29) is 16.9 Å². The van der Waals surface area contributed by atoms with E-state index in [9.17, 15) is 8.42 Å².